The molecular weight excluding hydrogens is 362 g/mol. The molecule has 0 bridgehead atoms. The number of hydrogen-bond acceptors (Lipinski definition) is 4. The van der Waals surface area contributed by atoms with Crippen molar-refractivity contribution in [2.45, 2.75) is 26.3 Å². The molecule has 27 heavy (non-hydrogen) atoms. The van der Waals surface area contributed by atoms with Crippen LogP contribution in [-0.2, 0) is 6.54 Å². The number of halogens is 1. The average molecular weight is 386 g/mol. The minimum absolute atomic E-state index is 0.289. The Morgan fingerprint density at radius 3 is 2.67 bits per heavy atom. The third kappa shape index (κ3) is 5.08. The molecule has 0 unspecified atom stereocenters. The van der Waals surface area contributed by atoms with E-state index in [4.69, 9.17) is 16.3 Å². The highest BCUT2D eigenvalue weighted by molar-refractivity contribution is 6.30. The van der Waals surface area contributed by atoms with Crippen molar-refractivity contribution in [2.24, 2.45) is 5.10 Å². The van der Waals surface area contributed by atoms with E-state index in [1.807, 2.05) is 19.1 Å². The van der Waals surface area contributed by atoms with E-state index < -0.39 is 0 Å². The molecule has 2 aromatic rings. The highest BCUT2D eigenvalue weighted by Gasteiger charge is 2.15. The fourth-order valence-corrected chi connectivity index (χ4v) is 3.39. The van der Waals surface area contributed by atoms with E-state index in [0.29, 0.717) is 10.6 Å². The van der Waals surface area contributed by atoms with Gasteiger partial charge in [0.25, 0.3) is 5.91 Å². The van der Waals surface area contributed by atoms with Gasteiger partial charge in [-0.2, -0.15) is 5.10 Å². The zero-order valence-electron chi connectivity index (χ0n) is 15.7. The number of ether oxygens (including phenoxy) is 1. The van der Waals surface area contributed by atoms with Crippen LogP contribution in [0.3, 0.4) is 0 Å². The summed E-state index contributed by atoms with van der Waals surface area (Å²) in [6, 6.07) is 12.8. The zero-order valence-corrected chi connectivity index (χ0v) is 16.4. The normalized spacial score (nSPS) is 15.0. The van der Waals surface area contributed by atoms with Gasteiger partial charge >= 0.3 is 0 Å². The Hall–Kier alpha value is -2.37. The van der Waals surface area contributed by atoms with Gasteiger partial charge in [0.1, 0.15) is 5.75 Å². The second-order valence-electron chi connectivity index (χ2n) is 6.66. The van der Waals surface area contributed by atoms with Crippen molar-refractivity contribution in [3.63, 3.8) is 0 Å². The first-order chi connectivity index (χ1) is 13.1. The average Bonchev–Trinajstić information content (AvgIpc) is 3.18. The molecule has 1 saturated heterocycles. The molecule has 0 atom stereocenters. The lowest BCUT2D eigenvalue weighted by atomic mass is 10.1. The van der Waals surface area contributed by atoms with Crippen molar-refractivity contribution >= 4 is 23.2 Å². The van der Waals surface area contributed by atoms with Crippen LogP contribution in [0.25, 0.3) is 0 Å². The third-order valence-corrected chi connectivity index (χ3v) is 4.94. The van der Waals surface area contributed by atoms with Crippen LogP contribution in [0, 0.1) is 0 Å². The number of benzene rings is 2. The summed E-state index contributed by atoms with van der Waals surface area (Å²) in [6.45, 7) is 4.98. The van der Waals surface area contributed by atoms with E-state index in [0.717, 1.165) is 42.2 Å². The largest absolute Gasteiger partial charge is 0.496 e. The third-order valence-electron chi connectivity index (χ3n) is 4.70. The fourth-order valence-electron chi connectivity index (χ4n) is 3.20. The quantitative estimate of drug-likeness (QED) is 0.601. The summed E-state index contributed by atoms with van der Waals surface area (Å²) in [6.07, 6.45) is 2.50. The number of rotatable bonds is 6. The van der Waals surface area contributed by atoms with Gasteiger partial charge in [0.05, 0.1) is 12.8 Å². The SMILES string of the molecule is COc1ccc(/C(C)=N\NC(=O)c2cccc(Cl)c2)cc1CN1CCCC1. The first kappa shape index (κ1) is 19.4. The standard InChI is InChI=1S/C21H24ClN3O2/c1-15(23-24-21(26)17-6-5-7-19(22)13-17)16-8-9-20(27-2)18(12-16)14-25-10-3-4-11-25/h5-9,12-13H,3-4,10-11,14H2,1-2H3,(H,24,26)/b23-15-. The lowest BCUT2D eigenvalue weighted by Crippen LogP contribution is -2.20. The Balaban J connectivity index is 1.74. The number of amides is 1. The first-order valence-corrected chi connectivity index (χ1v) is 9.44. The molecule has 0 radical (unpaired) electrons. The van der Waals surface area contributed by atoms with Gasteiger partial charge < -0.3 is 4.74 Å². The molecule has 0 saturated carbocycles. The summed E-state index contributed by atoms with van der Waals surface area (Å²) in [5.41, 5.74) is 5.89. The van der Waals surface area contributed by atoms with Crippen molar-refractivity contribution < 1.29 is 9.53 Å². The van der Waals surface area contributed by atoms with Gasteiger partial charge in [0.2, 0.25) is 0 Å². The fraction of sp³-hybridized carbons (Fsp3) is 0.333. The van der Waals surface area contributed by atoms with Gasteiger partial charge in [0, 0.05) is 22.7 Å². The Labute approximate surface area is 165 Å². The number of carbonyl (C=O) groups excluding carboxylic acids is 1. The molecule has 6 heteroatoms. The van der Waals surface area contributed by atoms with Crippen LogP contribution in [0.2, 0.25) is 5.02 Å². The highest BCUT2D eigenvalue weighted by atomic mass is 35.5. The molecule has 0 spiro atoms. The van der Waals surface area contributed by atoms with Crippen molar-refractivity contribution in [3.8, 4) is 5.75 Å². The van der Waals surface area contributed by atoms with Crippen molar-refractivity contribution in [2.75, 3.05) is 20.2 Å². The maximum Gasteiger partial charge on any atom is 0.271 e. The van der Waals surface area contributed by atoms with Crippen LogP contribution < -0.4 is 10.2 Å². The smallest absolute Gasteiger partial charge is 0.271 e. The molecule has 1 fully saturated rings. The summed E-state index contributed by atoms with van der Waals surface area (Å²) in [5, 5.41) is 4.77. The Kier molecular flexibility index (Phi) is 6.48. The number of likely N-dealkylation sites (tertiary alicyclic amines) is 1. The lowest BCUT2D eigenvalue weighted by Gasteiger charge is -2.17. The topological polar surface area (TPSA) is 53.9 Å². The van der Waals surface area contributed by atoms with E-state index in [9.17, 15) is 4.79 Å². The Morgan fingerprint density at radius 2 is 1.96 bits per heavy atom. The predicted molar refractivity (Wildman–Crippen MR) is 109 cm³/mol. The molecular formula is C21H24ClN3O2. The van der Waals surface area contributed by atoms with Crippen molar-refractivity contribution in [1.29, 1.82) is 0 Å². The molecule has 0 aliphatic carbocycles. The summed E-state index contributed by atoms with van der Waals surface area (Å²) < 4.78 is 5.51. The molecule has 1 aliphatic rings. The van der Waals surface area contributed by atoms with Gasteiger partial charge in [-0.15, -0.1) is 0 Å². The molecule has 0 aromatic heterocycles. The number of methoxy groups -OCH3 is 1. The Bertz CT molecular complexity index is 845. The number of nitrogens with one attached hydrogen (secondary N) is 1. The van der Waals surface area contributed by atoms with E-state index in [1.165, 1.54) is 12.8 Å². The van der Waals surface area contributed by atoms with Crippen LogP contribution >= 0.6 is 11.6 Å². The highest BCUT2D eigenvalue weighted by Crippen LogP contribution is 2.24. The van der Waals surface area contributed by atoms with Gasteiger partial charge in [-0.1, -0.05) is 17.7 Å². The van der Waals surface area contributed by atoms with Crippen LogP contribution in [-0.4, -0.2) is 36.7 Å². The van der Waals surface area contributed by atoms with E-state index in [2.05, 4.69) is 21.5 Å². The summed E-state index contributed by atoms with van der Waals surface area (Å²) >= 11 is 5.93. The van der Waals surface area contributed by atoms with Crippen LogP contribution in [0.5, 0.6) is 5.75 Å². The molecule has 3 rings (SSSR count). The van der Waals surface area contributed by atoms with Crippen LogP contribution in [0.4, 0.5) is 0 Å². The number of hydrazone groups is 1. The number of hydrogen-bond donors (Lipinski definition) is 1. The maximum absolute atomic E-state index is 12.2. The van der Waals surface area contributed by atoms with Gasteiger partial charge in [-0.3, -0.25) is 9.69 Å². The molecule has 1 heterocycles. The summed E-state index contributed by atoms with van der Waals surface area (Å²) in [4.78, 5) is 14.7. The predicted octanol–water partition coefficient (Wildman–Crippen LogP) is 4.10. The van der Waals surface area contributed by atoms with E-state index >= 15 is 0 Å². The second kappa shape index (κ2) is 9.02. The monoisotopic (exact) mass is 385 g/mol. The lowest BCUT2D eigenvalue weighted by molar-refractivity contribution is 0.0955. The summed E-state index contributed by atoms with van der Waals surface area (Å²) in [5.74, 6) is 0.587. The van der Waals surface area contributed by atoms with Gasteiger partial charge in [-0.05, 0) is 74.8 Å². The summed E-state index contributed by atoms with van der Waals surface area (Å²) in [7, 11) is 1.69. The van der Waals surface area contributed by atoms with Crippen molar-refractivity contribution in [3.05, 3.63) is 64.2 Å². The number of nitrogens with zero attached hydrogens (tertiary/aromatic N) is 2. The molecule has 1 N–H and O–H groups in total. The molecule has 1 amide bonds. The van der Waals surface area contributed by atoms with Gasteiger partial charge in [-0.25, -0.2) is 5.43 Å². The van der Waals surface area contributed by atoms with Crippen molar-refractivity contribution in [1.82, 2.24) is 10.3 Å². The zero-order chi connectivity index (χ0) is 19.2. The van der Waals surface area contributed by atoms with Crippen LogP contribution in [0.15, 0.2) is 47.6 Å². The molecule has 1 aliphatic heterocycles. The number of carbonyl (C=O) groups is 1. The molecule has 142 valence electrons. The molecule has 2 aromatic carbocycles. The van der Waals surface area contributed by atoms with Gasteiger partial charge in [0.15, 0.2) is 0 Å². The first-order valence-electron chi connectivity index (χ1n) is 9.06. The second-order valence-corrected chi connectivity index (χ2v) is 7.09. The Morgan fingerprint density at radius 1 is 1.19 bits per heavy atom. The maximum atomic E-state index is 12.2. The minimum Gasteiger partial charge on any atom is -0.496 e. The van der Waals surface area contributed by atoms with E-state index in [1.54, 1.807) is 31.4 Å². The van der Waals surface area contributed by atoms with Crippen LogP contribution in [0.1, 0.15) is 41.3 Å². The molecule has 5 nitrogen and oxygen atoms in total. The van der Waals surface area contributed by atoms with E-state index in [-0.39, 0.29) is 5.91 Å². The minimum atomic E-state index is -0.289.